The fourth-order valence-corrected chi connectivity index (χ4v) is 6.91. The molecule has 280 valence electrons. The number of carbonyl (C=O) groups is 1. The molecule has 2 atom stereocenters. The molecule has 4 heterocycles. The fourth-order valence-electron chi connectivity index (χ4n) is 6.91. The minimum atomic E-state index is -4.69. The number of carboxylic acid groups (broad SMARTS) is 1. The topological polar surface area (TPSA) is 162 Å². The number of rotatable bonds is 11. The molecule has 0 bridgehead atoms. The maximum atomic E-state index is 13.9. The van der Waals surface area contributed by atoms with Crippen LogP contribution >= 0.6 is 0 Å². The summed E-state index contributed by atoms with van der Waals surface area (Å²) in [5.74, 6) is -2.31. The Labute approximate surface area is 311 Å². The van der Waals surface area contributed by atoms with Gasteiger partial charge in [-0.25, -0.2) is 4.98 Å². The number of H-pyrrole nitrogens is 1. The van der Waals surface area contributed by atoms with Gasteiger partial charge in [0.25, 0.3) is 11.8 Å². The summed E-state index contributed by atoms with van der Waals surface area (Å²) < 4.78 is 64.2. The SMILES string of the molecule is Cc1cc(-c2nc(-c3ccc4[nH]c5c(c4c3)CCC5C(C(=O)O)c3noc(-c4cc(OCc5ccccc5)cc(C(F)(F)F)c4)n3)no2)cnc1OC(C)C. The van der Waals surface area contributed by atoms with Gasteiger partial charge < -0.3 is 28.6 Å². The number of pyridine rings is 1. The van der Waals surface area contributed by atoms with Gasteiger partial charge in [-0.2, -0.15) is 23.1 Å². The summed E-state index contributed by atoms with van der Waals surface area (Å²) in [6.07, 6.45) is -2.08. The number of halogens is 3. The maximum Gasteiger partial charge on any atom is 0.416 e. The Kier molecular flexibility index (Phi) is 9.07. The average Bonchev–Trinajstić information content (AvgIpc) is 3.97. The van der Waals surface area contributed by atoms with Crippen molar-refractivity contribution in [3.05, 3.63) is 113 Å². The number of aromatic nitrogens is 6. The van der Waals surface area contributed by atoms with Crippen LogP contribution in [0.1, 0.15) is 65.9 Å². The van der Waals surface area contributed by atoms with Crippen molar-refractivity contribution < 1.29 is 41.6 Å². The molecule has 0 aliphatic heterocycles. The highest BCUT2D eigenvalue weighted by Gasteiger charge is 2.41. The number of fused-ring (bicyclic) bond motifs is 3. The predicted molar refractivity (Wildman–Crippen MR) is 192 cm³/mol. The number of aliphatic carboxylic acids is 1. The number of benzene rings is 3. The standard InChI is InChI=1S/C40H33F3N6O6/c1-20(2)53-36-21(3)13-25(18-44-36)38-46-34(48-55-38)23-9-12-31-30(16-23)28-10-11-29(33(28)45-31)32(39(50)51)35-47-37(54-49-35)24-14-26(40(41,42)43)17-27(15-24)52-19-22-7-5-4-6-8-22/h4-9,12-18,20,29,32,45H,10-11,19H2,1-3H3,(H,50,51). The fraction of sp³-hybridized carbons (Fsp3) is 0.250. The molecule has 0 saturated heterocycles. The van der Waals surface area contributed by atoms with Crippen molar-refractivity contribution in [2.24, 2.45) is 0 Å². The molecular formula is C40H33F3N6O6. The third kappa shape index (κ3) is 7.12. The van der Waals surface area contributed by atoms with Gasteiger partial charge in [0.1, 0.15) is 18.3 Å². The smallest absolute Gasteiger partial charge is 0.416 e. The predicted octanol–water partition coefficient (Wildman–Crippen LogP) is 8.92. The quantitative estimate of drug-likeness (QED) is 0.130. The summed E-state index contributed by atoms with van der Waals surface area (Å²) in [7, 11) is 0. The number of alkyl halides is 3. The van der Waals surface area contributed by atoms with Gasteiger partial charge in [-0.05, 0) is 87.2 Å². The first-order chi connectivity index (χ1) is 26.4. The lowest BCUT2D eigenvalue weighted by atomic mass is 9.89. The molecule has 2 unspecified atom stereocenters. The highest BCUT2D eigenvalue weighted by molar-refractivity contribution is 5.90. The van der Waals surface area contributed by atoms with E-state index in [1.54, 1.807) is 30.5 Å². The summed E-state index contributed by atoms with van der Waals surface area (Å²) >= 11 is 0. The van der Waals surface area contributed by atoms with Crippen LogP contribution in [0.25, 0.3) is 45.2 Å². The molecule has 0 fully saturated rings. The van der Waals surface area contributed by atoms with Crippen LogP contribution in [0.3, 0.4) is 0 Å². The zero-order valence-corrected chi connectivity index (χ0v) is 29.7. The summed E-state index contributed by atoms with van der Waals surface area (Å²) in [6, 6.07) is 19.6. The van der Waals surface area contributed by atoms with E-state index in [-0.39, 0.29) is 35.7 Å². The molecule has 0 spiro atoms. The van der Waals surface area contributed by atoms with Crippen LogP contribution in [0, 0.1) is 6.92 Å². The minimum absolute atomic E-state index is 0.0209. The van der Waals surface area contributed by atoms with Crippen molar-refractivity contribution in [3.8, 4) is 45.9 Å². The molecule has 0 amide bonds. The van der Waals surface area contributed by atoms with E-state index in [0.717, 1.165) is 39.7 Å². The van der Waals surface area contributed by atoms with E-state index in [9.17, 15) is 23.1 Å². The second-order valence-electron chi connectivity index (χ2n) is 13.7. The number of hydrogen-bond donors (Lipinski definition) is 2. The normalized spacial score (nSPS) is 14.7. The largest absolute Gasteiger partial charge is 0.489 e. The van der Waals surface area contributed by atoms with Crippen molar-refractivity contribution in [1.82, 2.24) is 30.2 Å². The first-order valence-corrected chi connectivity index (χ1v) is 17.5. The Bertz CT molecular complexity index is 2530. The van der Waals surface area contributed by atoms with E-state index < -0.39 is 29.5 Å². The Morgan fingerprint density at radius 2 is 1.75 bits per heavy atom. The van der Waals surface area contributed by atoms with Gasteiger partial charge in [0.05, 0.1) is 17.2 Å². The third-order valence-corrected chi connectivity index (χ3v) is 9.44. The molecule has 12 nitrogen and oxygen atoms in total. The monoisotopic (exact) mass is 750 g/mol. The Morgan fingerprint density at radius 1 is 0.964 bits per heavy atom. The number of nitrogens with one attached hydrogen (secondary N) is 1. The third-order valence-electron chi connectivity index (χ3n) is 9.44. The first kappa shape index (κ1) is 35.5. The molecule has 1 aliphatic rings. The molecule has 0 saturated carbocycles. The van der Waals surface area contributed by atoms with Gasteiger partial charge in [-0.15, -0.1) is 0 Å². The molecule has 1 aliphatic carbocycles. The summed E-state index contributed by atoms with van der Waals surface area (Å²) in [4.78, 5) is 29.5. The Hall–Kier alpha value is -6.51. The van der Waals surface area contributed by atoms with Crippen LogP contribution in [0.5, 0.6) is 11.6 Å². The molecule has 4 aromatic heterocycles. The summed E-state index contributed by atoms with van der Waals surface area (Å²) in [5.41, 5.74) is 4.33. The van der Waals surface area contributed by atoms with Gasteiger partial charge in [-0.1, -0.05) is 40.6 Å². The van der Waals surface area contributed by atoms with Gasteiger partial charge in [0.15, 0.2) is 5.82 Å². The van der Waals surface area contributed by atoms with Gasteiger partial charge in [-0.3, -0.25) is 4.79 Å². The second-order valence-corrected chi connectivity index (χ2v) is 13.7. The Morgan fingerprint density at radius 3 is 2.49 bits per heavy atom. The zero-order chi connectivity index (χ0) is 38.4. The number of hydrogen-bond acceptors (Lipinski definition) is 10. The lowest BCUT2D eigenvalue weighted by Gasteiger charge is -2.16. The first-order valence-electron chi connectivity index (χ1n) is 17.5. The van der Waals surface area contributed by atoms with E-state index in [1.807, 2.05) is 51.1 Å². The van der Waals surface area contributed by atoms with Crippen LogP contribution in [-0.4, -0.2) is 47.4 Å². The zero-order valence-electron chi connectivity index (χ0n) is 29.7. The van der Waals surface area contributed by atoms with Gasteiger partial charge in [0, 0.05) is 45.4 Å². The average molecular weight is 751 g/mol. The van der Waals surface area contributed by atoms with Crippen LogP contribution in [0.4, 0.5) is 13.2 Å². The molecule has 55 heavy (non-hydrogen) atoms. The molecule has 7 aromatic rings. The molecule has 8 rings (SSSR count). The molecule has 0 radical (unpaired) electrons. The van der Waals surface area contributed by atoms with Gasteiger partial charge >= 0.3 is 12.1 Å². The molecule has 3 aromatic carbocycles. The van der Waals surface area contributed by atoms with Crippen molar-refractivity contribution in [1.29, 1.82) is 0 Å². The van der Waals surface area contributed by atoms with Crippen LogP contribution < -0.4 is 9.47 Å². The molecule has 2 N–H and O–H groups in total. The van der Waals surface area contributed by atoms with Crippen LogP contribution in [0.2, 0.25) is 0 Å². The lowest BCUT2D eigenvalue weighted by Crippen LogP contribution is -2.20. The second kappa shape index (κ2) is 14.0. The van der Waals surface area contributed by atoms with Gasteiger partial charge in [0.2, 0.25) is 11.7 Å². The molecule has 15 heteroatoms. The summed E-state index contributed by atoms with van der Waals surface area (Å²) in [5, 5.41) is 19.5. The number of nitrogens with zero attached hydrogens (tertiary/aromatic N) is 5. The number of carboxylic acids is 1. The van der Waals surface area contributed by atoms with E-state index >= 15 is 0 Å². The number of ether oxygens (including phenoxy) is 2. The Balaban J connectivity index is 1.06. The van der Waals surface area contributed by atoms with E-state index in [0.29, 0.717) is 47.3 Å². The minimum Gasteiger partial charge on any atom is -0.489 e. The maximum absolute atomic E-state index is 13.9. The van der Waals surface area contributed by atoms with Crippen LogP contribution in [-0.2, 0) is 24.0 Å². The highest BCUT2D eigenvalue weighted by atomic mass is 19.4. The summed E-state index contributed by atoms with van der Waals surface area (Å²) in [6.45, 7) is 5.78. The van der Waals surface area contributed by atoms with E-state index in [2.05, 4.69) is 30.2 Å². The molecular weight excluding hydrogens is 717 g/mol. The van der Waals surface area contributed by atoms with E-state index in [4.69, 9.17) is 18.5 Å². The van der Waals surface area contributed by atoms with Crippen molar-refractivity contribution in [3.63, 3.8) is 0 Å². The number of aromatic amines is 1. The highest BCUT2D eigenvalue weighted by Crippen LogP contribution is 2.46. The van der Waals surface area contributed by atoms with Crippen molar-refractivity contribution in [2.75, 3.05) is 0 Å². The number of aryl methyl sites for hydroxylation is 2. The van der Waals surface area contributed by atoms with E-state index in [1.165, 1.54) is 6.07 Å². The van der Waals surface area contributed by atoms with Crippen LogP contribution in [0.15, 0.2) is 88.0 Å². The lowest BCUT2D eigenvalue weighted by molar-refractivity contribution is -0.140. The van der Waals surface area contributed by atoms with Crippen molar-refractivity contribution in [2.45, 2.75) is 64.3 Å². The van der Waals surface area contributed by atoms with Crippen molar-refractivity contribution >= 4 is 16.9 Å².